The monoisotopic (exact) mass is 359 g/mol. The number of halogens is 2. The molecule has 2 rings (SSSR count). The third-order valence-electron chi connectivity index (χ3n) is 2.05. The summed E-state index contributed by atoms with van der Waals surface area (Å²) >= 11 is 6.47. The van der Waals surface area contributed by atoms with E-state index >= 15 is 0 Å². The molecule has 0 aliphatic heterocycles. The summed E-state index contributed by atoms with van der Waals surface area (Å²) in [6.07, 6.45) is 0. The van der Waals surface area contributed by atoms with Crippen LogP contribution < -0.4 is 11.5 Å². The van der Waals surface area contributed by atoms with Gasteiger partial charge < -0.3 is 11.5 Å². The Morgan fingerprint density at radius 3 is 2.59 bits per heavy atom. The van der Waals surface area contributed by atoms with Gasteiger partial charge in [0.15, 0.2) is 0 Å². The van der Waals surface area contributed by atoms with Crippen LogP contribution in [-0.4, -0.2) is 20.7 Å². The Morgan fingerprint density at radius 1 is 1.35 bits per heavy atom. The fourth-order valence-corrected chi connectivity index (χ4v) is 2.40. The van der Waals surface area contributed by atoms with E-state index in [1.807, 2.05) is 0 Å². The average molecular weight is 361 g/mol. The Kier molecular flexibility index (Phi) is 3.16. The minimum absolute atomic E-state index is 0.104. The number of primary amides is 1. The Hall–Kier alpha value is -1.41. The molecule has 1 aromatic heterocycles. The van der Waals surface area contributed by atoms with Gasteiger partial charge in [-0.3, -0.25) is 4.79 Å². The zero-order valence-electron chi connectivity index (χ0n) is 8.39. The van der Waals surface area contributed by atoms with Gasteiger partial charge in [-0.05, 0) is 44.0 Å². The molecule has 6 nitrogen and oxygen atoms in total. The van der Waals surface area contributed by atoms with Gasteiger partial charge in [0, 0.05) is 4.47 Å². The van der Waals surface area contributed by atoms with Crippen molar-refractivity contribution in [3.8, 4) is 5.69 Å². The molecule has 0 saturated heterocycles. The van der Waals surface area contributed by atoms with Crippen molar-refractivity contribution in [2.75, 3.05) is 5.73 Å². The zero-order valence-corrected chi connectivity index (χ0v) is 11.6. The van der Waals surface area contributed by atoms with Gasteiger partial charge in [0.2, 0.25) is 10.7 Å². The van der Waals surface area contributed by atoms with Crippen LogP contribution in [0.2, 0.25) is 0 Å². The molecule has 1 amide bonds. The number of benzene rings is 1. The van der Waals surface area contributed by atoms with E-state index in [9.17, 15) is 4.79 Å². The Labute approximate surface area is 113 Å². The van der Waals surface area contributed by atoms with Gasteiger partial charge in [0.25, 0.3) is 5.91 Å². The Bertz CT molecular complexity index is 595. The van der Waals surface area contributed by atoms with Crippen LogP contribution in [0, 0.1) is 0 Å². The van der Waals surface area contributed by atoms with Crippen LogP contribution in [0.25, 0.3) is 5.69 Å². The van der Waals surface area contributed by atoms with Crippen LogP contribution in [-0.2, 0) is 0 Å². The lowest BCUT2D eigenvalue weighted by atomic mass is 10.1. The maximum Gasteiger partial charge on any atom is 0.252 e. The molecule has 17 heavy (non-hydrogen) atoms. The molecule has 0 saturated carbocycles. The number of nitrogens with two attached hydrogens (primary N) is 2. The van der Waals surface area contributed by atoms with Gasteiger partial charge in [-0.2, -0.15) is 4.98 Å². The van der Waals surface area contributed by atoms with Crippen molar-refractivity contribution in [2.45, 2.75) is 0 Å². The van der Waals surface area contributed by atoms with Crippen LogP contribution in [0.15, 0.2) is 27.4 Å². The van der Waals surface area contributed by atoms with Crippen molar-refractivity contribution in [1.82, 2.24) is 14.8 Å². The average Bonchev–Trinajstić information content (AvgIpc) is 2.56. The number of hydrogen-bond acceptors (Lipinski definition) is 4. The Morgan fingerprint density at radius 2 is 2.06 bits per heavy atom. The van der Waals surface area contributed by atoms with Crippen LogP contribution >= 0.6 is 31.9 Å². The SMILES string of the molecule is NC(=O)c1c(Br)cccc1-n1nc(N)nc1Br. The predicted molar refractivity (Wildman–Crippen MR) is 69.7 cm³/mol. The first kappa shape index (κ1) is 12.1. The molecular formula is C9H7Br2N5O. The first-order valence-electron chi connectivity index (χ1n) is 4.47. The number of nitrogen functional groups attached to an aromatic ring is 1. The first-order valence-corrected chi connectivity index (χ1v) is 6.06. The highest BCUT2D eigenvalue weighted by Crippen LogP contribution is 2.25. The van der Waals surface area contributed by atoms with E-state index < -0.39 is 5.91 Å². The lowest BCUT2D eigenvalue weighted by Gasteiger charge is -2.08. The molecule has 0 fully saturated rings. The van der Waals surface area contributed by atoms with Gasteiger partial charge in [-0.25, -0.2) is 4.68 Å². The number of anilines is 1. The van der Waals surface area contributed by atoms with Crippen LogP contribution in [0.1, 0.15) is 10.4 Å². The third kappa shape index (κ3) is 2.18. The molecule has 2 aromatic rings. The molecule has 0 radical (unpaired) electrons. The van der Waals surface area contributed by atoms with Crippen molar-refractivity contribution >= 4 is 43.7 Å². The fourth-order valence-electron chi connectivity index (χ4n) is 1.39. The second kappa shape index (κ2) is 4.46. The maximum atomic E-state index is 11.4. The molecule has 8 heteroatoms. The minimum atomic E-state index is -0.562. The molecule has 0 atom stereocenters. The second-order valence-corrected chi connectivity index (χ2v) is 4.71. The van der Waals surface area contributed by atoms with Gasteiger partial charge in [-0.1, -0.05) is 6.07 Å². The molecule has 0 unspecified atom stereocenters. The van der Waals surface area contributed by atoms with E-state index in [1.165, 1.54) is 4.68 Å². The lowest BCUT2D eigenvalue weighted by Crippen LogP contribution is -2.16. The highest BCUT2D eigenvalue weighted by atomic mass is 79.9. The third-order valence-corrected chi connectivity index (χ3v) is 3.22. The van der Waals surface area contributed by atoms with Crippen LogP contribution in [0.5, 0.6) is 0 Å². The molecule has 0 aliphatic rings. The lowest BCUT2D eigenvalue weighted by molar-refractivity contribution is 0.0999. The molecule has 4 N–H and O–H groups in total. The highest BCUT2D eigenvalue weighted by molar-refractivity contribution is 9.10. The molecule has 88 valence electrons. The summed E-state index contributed by atoms with van der Waals surface area (Å²) in [4.78, 5) is 15.3. The number of nitrogens with zero attached hydrogens (tertiary/aromatic N) is 3. The number of hydrogen-bond donors (Lipinski definition) is 2. The van der Waals surface area contributed by atoms with E-state index in [0.29, 0.717) is 20.5 Å². The topological polar surface area (TPSA) is 99.8 Å². The summed E-state index contributed by atoms with van der Waals surface area (Å²) in [5.41, 5.74) is 11.6. The summed E-state index contributed by atoms with van der Waals surface area (Å²) in [5.74, 6) is -0.458. The zero-order chi connectivity index (χ0) is 12.6. The number of rotatable bonds is 2. The standard InChI is InChI=1S/C9H7Br2N5O/c10-4-2-1-3-5(6(4)7(12)17)16-8(11)14-9(13)15-16/h1-3H,(H2,12,17)(H2,13,15). The quantitative estimate of drug-likeness (QED) is 0.846. The molecule has 0 spiro atoms. The first-order chi connectivity index (χ1) is 8.00. The smallest absolute Gasteiger partial charge is 0.252 e. The number of aromatic nitrogens is 3. The maximum absolute atomic E-state index is 11.4. The summed E-state index contributed by atoms with van der Waals surface area (Å²) < 4.78 is 2.39. The minimum Gasteiger partial charge on any atom is -0.366 e. The number of carbonyl (C=O) groups excluding carboxylic acids is 1. The summed E-state index contributed by atoms with van der Waals surface area (Å²) in [6.45, 7) is 0. The van der Waals surface area contributed by atoms with E-state index in [-0.39, 0.29) is 5.95 Å². The van der Waals surface area contributed by atoms with Crippen molar-refractivity contribution in [1.29, 1.82) is 0 Å². The van der Waals surface area contributed by atoms with Crippen molar-refractivity contribution < 1.29 is 4.79 Å². The normalized spacial score (nSPS) is 10.5. The molecule has 0 bridgehead atoms. The number of carbonyl (C=O) groups is 1. The fraction of sp³-hybridized carbons (Fsp3) is 0. The molecular weight excluding hydrogens is 354 g/mol. The van der Waals surface area contributed by atoms with Crippen molar-refractivity contribution in [3.05, 3.63) is 33.0 Å². The van der Waals surface area contributed by atoms with Crippen molar-refractivity contribution in [2.24, 2.45) is 5.73 Å². The molecule has 1 aromatic carbocycles. The van der Waals surface area contributed by atoms with Gasteiger partial charge in [0.05, 0.1) is 11.3 Å². The van der Waals surface area contributed by atoms with Gasteiger partial charge >= 0.3 is 0 Å². The van der Waals surface area contributed by atoms with Crippen LogP contribution in [0.3, 0.4) is 0 Å². The molecule has 1 heterocycles. The van der Waals surface area contributed by atoms with Gasteiger partial charge in [-0.15, -0.1) is 5.10 Å². The largest absolute Gasteiger partial charge is 0.366 e. The van der Waals surface area contributed by atoms with E-state index in [0.717, 1.165) is 0 Å². The van der Waals surface area contributed by atoms with E-state index in [2.05, 4.69) is 41.9 Å². The summed E-state index contributed by atoms with van der Waals surface area (Å²) in [6, 6.07) is 5.18. The van der Waals surface area contributed by atoms with E-state index in [4.69, 9.17) is 11.5 Å². The predicted octanol–water partition coefficient (Wildman–Crippen LogP) is 1.47. The summed E-state index contributed by atoms with van der Waals surface area (Å²) in [7, 11) is 0. The Balaban J connectivity index is 2.71. The highest BCUT2D eigenvalue weighted by Gasteiger charge is 2.17. The van der Waals surface area contributed by atoms with E-state index in [1.54, 1.807) is 18.2 Å². The number of amides is 1. The molecule has 0 aliphatic carbocycles. The summed E-state index contributed by atoms with van der Waals surface area (Å²) in [5, 5.41) is 3.97. The second-order valence-electron chi connectivity index (χ2n) is 3.15. The van der Waals surface area contributed by atoms with Gasteiger partial charge in [0.1, 0.15) is 0 Å². The van der Waals surface area contributed by atoms with Crippen LogP contribution in [0.4, 0.5) is 5.95 Å². The van der Waals surface area contributed by atoms with Crippen molar-refractivity contribution in [3.63, 3.8) is 0 Å².